The van der Waals surface area contributed by atoms with Crippen LogP contribution in [-0.2, 0) is 26.0 Å². The smallest absolute Gasteiger partial charge is 0.264 e. The van der Waals surface area contributed by atoms with Gasteiger partial charge in [0.15, 0.2) is 0 Å². The molecule has 0 aromatic heterocycles. The summed E-state index contributed by atoms with van der Waals surface area (Å²) < 4.78 is 40.1. The lowest BCUT2D eigenvalue weighted by Crippen LogP contribution is -2.53. The standard InChI is InChI=1S/C31H39N3O6S/c1-6-27(31(36)32-7-2)33(20-19-24-11-9-8-10-12-24)30(35)22-34(28-21-25(39-4)15-18-29(28)40-5)41(37,38)26-16-13-23(3)14-17-26/h8-18,21,27H,6-7,19-20,22H2,1-5H3,(H,32,36). The topological polar surface area (TPSA) is 105 Å². The largest absolute Gasteiger partial charge is 0.497 e. The number of nitrogens with one attached hydrogen (secondary N) is 1. The van der Waals surface area contributed by atoms with Gasteiger partial charge in [0.1, 0.15) is 24.1 Å². The van der Waals surface area contributed by atoms with Crippen LogP contribution in [0.4, 0.5) is 5.69 Å². The third kappa shape index (κ3) is 7.79. The van der Waals surface area contributed by atoms with Gasteiger partial charge in [0.25, 0.3) is 10.0 Å². The number of nitrogens with zero attached hydrogens (tertiary/aromatic N) is 2. The molecule has 0 aliphatic rings. The van der Waals surface area contributed by atoms with Crippen LogP contribution in [-0.4, -0.2) is 65.0 Å². The van der Waals surface area contributed by atoms with Gasteiger partial charge in [-0.3, -0.25) is 13.9 Å². The van der Waals surface area contributed by atoms with E-state index in [0.717, 1.165) is 15.4 Å². The summed E-state index contributed by atoms with van der Waals surface area (Å²) in [6.45, 7) is 5.58. The fourth-order valence-corrected chi connectivity index (χ4v) is 5.95. The van der Waals surface area contributed by atoms with Crippen molar-refractivity contribution in [2.24, 2.45) is 0 Å². The monoisotopic (exact) mass is 581 g/mol. The predicted octanol–water partition coefficient (Wildman–Crippen LogP) is 4.19. The number of ether oxygens (including phenoxy) is 2. The molecule has 3 rings (SSSR count). The Bertz CT molecular complexity index is 1410. The Morgan fingerprint density at radius 2 is 1.61 bits per heavy atom. The highest BCUT2D eigenvalue weighted by Crippen LogP contribution is 2.36. The molecule has 0 radical (unpaired) electrons. The summed E-state index contributed by atoms with van der Waals surface area (Å²) in [5, 5.41) is 2.81. The third-order valence-electron chi connectivity index (χ3n) is 6.76. The summed E-state index contributed by atoms with van der Waals surface area (Å²) in [5.74, 6) is -0.157. The minimum Gasteiger partial charge on any atom is -0.497 e. The Morgan fingerprint density at radius 3 is 2.20 bits per heavy atom. The summed E-state index contributed by atoms with van der Waals surface area (Å²) in [4.78, 5) is 28.7. The number of anilines is 1. The van der Waals surface area contributed by atoms with Crippen LogP contribution in [0.15, 0.2) is 77.7 Å². The van der Waals surface area contributed by atoms with Gasteiger partial charge in [-0.15, -0.1) is 0 Å². The van der Waals surface area contributed by atoms with Gasteiger partial charge < -0.3 is 19.7 Å². The Morgan fingerprint density at radius 1 is 0.927 bits per heavy atom. The third-order valence-corrected chi connectivity index (χ3v) is 8.54. The molecule has 2 amide bonds. The molecule has 0 fully saturated rings. The van der Waals surface area contributed by atoms with E-state index in [-0.39, 0.29) is 28.8 Å². The van der Waals surface area contributed by atoms with Crippen molar-refractivity contribution in [3.63, 3.8) is 0 Å². The number of amides is 2. The fourth-order valence-electron chi connectivity index (χ4n) is 4.53. The second kappa shape index (κ2) is 14.5. The Kier molecular flexibility index (Phi) is 11.2. The highest BCUT2D eigenvalue weighted by Gasteiger charge is 2.34. The number of hydrogen-bond acceptors (Lipinski definition) is 6. The van der Waals surface area contributed by atoms with Crippen LogP contribution in [0.1, 0.15) is 31.4 Å². The van der Waals surface area contributed by atoms with E-state index in [1.807, 2.05) is 51.1 Å². The van der Waals surface area contributed by atoms with Crippen molar-refractivity contribution in [3.8, 4) is 11.5 Å². The lowest BCUT2D eigenvalue weighted by Gasteiger charge is -2.33. The lowest BCUT2D eigenvalue weighted by atomic mass is 10.1. The van der Waals surface area contributed by atoms with Crippen molar-refractivity contribution < 1.29 is 27.5 Å². The first kappa shape index (κ1) is 31.5. The second-order valence-corrected chi connectivity index (χ2v) is 11.4. The fraction of sp³-hybridized carbons (Fsp3) is 0.355. The van der Waals surface area contributed by atoms with Crippen molar-refractivity contribution in [2.75, 3.05) is 38.2 Å². The normalized spacial score (nSPS) is 11.8. The summed E-state index contributed by atoms with van der Waals surface area (Å²) in [5.41, 5.74) is 2.04. The van der Waals surface area contributed by atoms with Crippen molar-refractivity contribution in [2.45, 2.75) is 44.6 Å². The molecule has 1 unspecified atom stereocenters. The van der Waals surface area contributed by atoms with Gasteiger partial charge in [0, 0.05) is 19.2 Å². The quantitative estimate of drug-likeness (QED) is 0.306. The molecule has 220 valence electrons. The predicted molar refractivity (Wildman–Crippen MR) is 160 cm³/mol. The van der Waals surface area contributed by atoms with Crippen molar-refractivity contribution >= 4 is 27.5 Å². The first-order chi connectivity index (χ1) is 19.7. The molecule has 3 aromatic rings. The molecule has 0 bridgehead atoms. The van der Waals surface area contributed by atoms with E-state index < -0.39 is 28.5 Å². The summed E-state index contributed by atoms with van der Waals surface area (Å²) >= 11 is 0. The molecular formula is C31H39N3O6S. The second-order valence-electron chi connectivity index (χ2n) is 9.50. The van der Waals surface area contributed by atoms with Crippen molar-refractivity contribution in [1.82, 2.24) is 10.2 Å². The van der Waals surface area contributed by atoms with Crippen LogP contribution in [0.2, 0.25) is 0 Å². The molecular weight excluding hydrogens is 542 g/mol. The highest BCUT2D eigenvalue weighted by molar-refractivity contribution is 7.92. The average molecular weight is 582 g/mol. The number of carbonyl (C=O) groups excluding carboxylic acids is 2. The minimum absolute atomic E-state index is 0.0207. The molecule has 9 nitrogen and oxygen atoms in total. The zero-order valence-electron chi connectivity index (χ0n) is 24.3. The van der Waals surface area contributed by atoms with Gasteiger partial charge in [-0.05, 0) is 56.5 Å². The van der Waals surface area contributed by atoms with Crippen LogP contribution in [0, 0.1) is 6.92 Å². The molecule has 0 saturated carbocycles. The van der Waals surface area contributed by atoms with E-state index in [4.69, 9.17) is 9.47 Å². The van der Waals surface area contributed by atoms with Crippen LogP contribution in [0.3, 0.4) is 0 Å². The first-order valence-corrected chi connectivity index (χ1v) is 15.0. The molecule has 0 aliphatic heterocycles. The maximum absolute atomic E-state index is 14.1. The number of likely N-dealkylation sites (N-methyl/N-ethyl adjacent to an activating group) is 1. The zero-order chi connectivity index (χ0) is 30.0. The Hall–Kier alpha value is -4.05. The SMILES string of the molecule is CCNC(=O)C(CC)N(CCc1ccccc1)C(=O)CN(c1cc(OC)ccc1OC)S(=O)(=O)c1ccc(C)cc1. The molecule has 0 heterocycles. The van der Waals surface area contributed by atoms with Gasteiger partial charge in [0.2, 0.25) is 11.8 Å². The number of aryl methyl sites for hydroxylation is 1. The van der Waals surface area contributed by atoms with Crippen LogP contribution < -0.4 is 19.1 Å². The lowest BCUT2D eigenvalue weighted by molar-refractivity contribution is -0.139. The molecule has 10 heteroatoms. The average Bonchev–Trinajstić information content (AvgIpc) is 2.98. The van der Waals surface area contributed by atoms with Crippen molar-refractivity contribution in [1.29, 1.82) is 0 Å². The molecule has 0 spiro atoms. The molecule has 0 aliphatic carbocycles. The van der Waals surface area contributed by atoms with Crippen LogP contribution in [0.5, 0.6) is 11.5 Å². The zero-order valence-corrected chi connectivity index (χ0v) is 25.1. The van der Waals surface area contributed by atoms with E-state index in [9.17, 15) is 18.0 Å². The van der Waals surface area contributed by atoms with Gasteiger partial charge in [-0.1, -0.05) is 55.0 Å². The minimum atomic E-state index is -4.24. The molecule has 1 N–H and O–H groups in total. The maximum atomic E-state index is 14.1. The molecule has 1 atom stereocenters. The summed E-state index contributed by atoms with van der Waals surface area (Å²) in [6, 6.07) is 20.0. The van der Waals surface area contributed by atoms with E-state index in [2.05, 4.69) is 5.32 Å². The first-order valence-electron chi connectivity index (χ1n) is 13.6. The highest BCUT2D eigenvalue weighted by atomic mass is 32.2. The van der Waals surface area contributed by atoms with E-state index >= 15 is 0 Å². The van der Waals surface area contributed by atoms with Gasteiger partial charge >= 0.3 is 0 Å². The van der Waals surface area contributed by atoms with Crippen LogP contribution >= 0.6 is 0 Å². The molecule has 0 saturated heterocycles. The number of hydrogen-bond donors (Lipinski definition) is 1. The number of sulfonamides is 1. The molecule has 3 aromatic carbocycles. The Balaban J connectivity index is 2.10. The number of methoxy groups -OCH3 is 2. The van der Waals surface area contributed by atoms with E-state index in [1.165, 1.54) is 37.3 Å². The summed E-state index contributed by atoms with van der Waals surface area (Å²) in [6.07, 6.45) is 0.856. The molecule has 41 heavy (non-hydrogen) atoms. The number of benzene rings is 3. The number of rotatable bonds is 14. The van der Waals surface area contributed by atoms with Gasteiger partial charge in [0.05, 0.1) is 24.8 Å². The Labute approximate surface area is 243 Å². The van der Waals surface area contributed by atoms with Crippen molar-refractivity contribution in [3.05, 3.63) is 83.9 Å². The van der Waals surface area contributed by atoms with Gasteiger partial charge in [-0.25, -0.2) is 8.42 Å². The van der Waals surface area contributed by atoms with Crippen LogP contribution in [0.25, 0.3) is 0 Å². The summed E-state index contributed by atoms with van der Waals surface area (Å²) in [7, 11) is -1.34. The van der Waals surface area contributed by atoms with E-state index in [1.54, 1.807) is 24.3 Å². The number of carbonyl (C=O) groups is 2. The maximum Gasteiger partial charge on any atom is 0.264 e. The van der Waals surface area contributed by atoms with Gasteiger partial charge in [-0.2, -0.15) is 0 Å². The van der Waals surface area contributed by atoms with E-state index in [0.29, 0.717) is 25.1 Å².